The lowest BCUT2D eigenvalue weighted by Crippen LogP contribution is -2.35. The fourth-order valence-electron chi connectivity index (χ4n) is 3.07. The van der Waals surface area contributed by atoms with Gasteiger partial charge in [0.25, 0.3) is 0 Å². The monoisotopic (exact) mass is 378 g/mol. The number of amides is 1. The van der Waals surface area contributed by atoms with Crippen molar-refractivity contribution in [3.05, 3.63) is 51.7 Å². The molecule has 134 valence electrons. The Kier molecular flexibility index (Phi) is 6.73. The lowest BCUT2D eigenvalue weighted by atomic mass is 10.1. The molecule has 3 rings (SSSR count). The van der Waals surface area contributed by atoms with E-state index < -0.39 is 0 Å². The number of benzene rings is 1. The average molecular weight is 379 g/mol. The Hall–Kier alpha value is -1.56. The summed E-state index contributed by atoms with van der Waals surface area (Å²) in [7, 11) is 0. The molecule has 4 nitrogen and oxygen atoms in total. The quantitative estimate of drug-likeness (QED) is 0.672. The van der Waals surface area contributed by atoms with Gasteiger partial charge in [0.05, 0.1) is 10.9 Å². The van der Waals surface area contributed by atoms with E-state index in [2.05, 4.69) is 5.32 Å². The van der Waals surface area contributed by atoms with E-state index in [1.165, 1.54) is 0 Å². The van der Waals surface area contributed by atoms with Crippen LogP contribution >= 0.6 is 22.9 Å². The van der Waals surface area contributed by atoms with Crippen LogP contribution in [0, 0.1) is 0 Å². The minimum Gasteiger partial charge on any atom is -0.492 e. The molecular weight excluding hydrogens is 356 g/mol. The molecule has 0 bridgehead atoms. The third-order valence-electron chi connectivity index (χ3n) is 4.35. The third kappa shape index (κ3) is 5.46. The van der Waals surface area contributed by atoms with Gasteiger partial charge in [0.2, 0.25) is 5.91 Å². The predicted octanol–water partition coefficient (Wildman–Crippen LogP) is 3.95. The lowest BCUT2D eigenvalue weighted by molar-refractivity contribution is -0.129. The van der Waals surface area contributed by atoms with Crippen molar-refractivity contribution in [2.45, 2.75) is 31.8 Å². The smallest absolute Gasteiger partial charge is 0.223 e. The number of para-hydroxylation sites is 1. The predicted molar refractivity (Wildman–Crippen MR) is 102 cm³/mol. The van der Waals surface area contributed by atoms with Crippen LogP contribution in [0.25, 0.3) is 0 Å². The van der Waals surface area contributed by atoms with E-state index in [4.69, 9.17) is 16.3 Å². The zero-order valence-corrected chi connectivity index (χ0v) is 15.7. The van der Waals surface area contributed by atoms with Crippen LogP contribution < -0.4 is 10.1 Å². The average Bonchev–Trinajstić information content (AvgIpc) is 3.19. The number of hydrogen-bond donors (Lipinski definition) is 1. The fraction of sp³-hybridized carbons (Fsp3) is 0.421. The topological polar surface area (TPSA) is 41.6 Å². The van der Waals surface area contributed by atoms with Crippen LogP contribution in [0.15, 0.2) is 42.5 Å². The summed E-state index contributed by atoms with van der Waals surface area (Å²) >= 11 is 7.54. The Labute approximate surface area is 157 Å². The standard InChI is InChI=1S/C19H23ClN2O2S/c20-18-8-7-17(25-18)14-22-15(6-9-19(22)23)10-11-21-12-13-24-16-4-2-1-3-5-16/h1-5,7-8,15,21H,6,9-14H2/t15-/m0/s1. The summed E-state index contributed by atoms with van der Waals surface area (Å²) in [5, 5.41) is 3.40. The number of carbonyl (C=O) groups is 1. The van der Waals surface area contributed by atoms with E-state index in [0.717, 1.165) is 40.9 Å². The number of likely N-dealkylation sites (tertiary alicyclic amines) is 1. The number of nitrogens with one attached hydrogen (secondary N) is 1. The first-order valence-electron chi connectivity index (χ1n) is 8.64. The van der Waals surface area contributed by atoms with Gasteiger partial charge in [-0.1, -0.05) is 29.8 Å². The lowest BCUT2D eigenvalue weighted by Gasteiger charge is -2.24. The maximum absolute atomic E-state index is 12.1. The van der Waals surface area contributed by atoms with Gasteiger partial charge in [0, 0.05) is 23.9 Å². The van der Waals surface area contributed by atoms with Gasteiger partial charge in [0.1, 0.15) is 12.4 Å². The summed E-state index contributed by atoms with van der Waals surface area (Å²) < 4.78 is 6.44. The first-order valence-corrected chi connectivity index (χ1v) is 9.84. The highest BCUT2D eigenvalue weighted by Crippen LogP contribution is 2.28. The van der Waals surface area contributed by atoms with Gasteiger partial charge in [-0.15, -0.1) is 11.3 Å². The number of nitrogens with zero attached hydrogens (tertiary/aromatic N) is 1. The third-order valence-corrected chi connectivity index (χ3v) is 5.57. The molecule has 2 heterocycles. The SMILES string of the molecule is O=C1CC[C@@H](CCNCCOc2ccccc2)N1Cc1ccc(Cl)s1. The van der Waals surface area contributed by atoms with Crippen LogP contribution in [0.5, 0.6) is 5.75 Å². The molecule has 1 fully saturated rings. The summed E-state index contributed by atoms with van der Waals surface area (Å²) in [6, 6.07) is 14.0. The Morgan fingerprint density at radius 3 is 2.80 bits per heavy atom. The molecule has 1 amide bonds. The zero-order valence-electron chi connectivity index (χ0n) is 14.1. The Morgan fingerprint density at radius 2 is 2.04 bits per heavy atom. The van der Waals surface area contributed by atoms with Crippen molar-refractivity contribution in [3.8, 4) is 5.75 Å². The molecule has 0 unspecified atom stereocenters. The van der Waals surface area contributed by atoms with Crippen LogP contribution in [-0.4, -0.2) is 36.5 Å². The van der Waals surface area contributed by atoms with Crippen molar-refractivity contribution in [3.63, 3.8) is 0 Å². The molecule has 25 heavy (non-hydrogen) atoms. The van der Waals surface area contributed by atoms with Gasteiger partial charge >= 0.3 is 0 Å². The molecule has 0 radical (unpaired) electrons. The minimum absolute atomic E-state index is 0.252. The van der Waals surface area contributed by atoms with Crippen molar-refractivity contribution in [1.82, 2.24) is 10.2 Å². The molecule has 1 N–H and O–H groups in total. The van der Waals surface area contributed by atoms with E-state index in [1.54, 1.807) is 11.3 Å². The van der Waals surface area contributed by atoms with E-state index in [-0.39, 0.29) is 5.91 Å². The number of thiophene rings is 1. The second-order valence-corrected chi connectivity index (χ2v) is 7.92. The van der Waals surface area contributed by atoms with Gasteiger partial charge in [-0.05, 0) is 43.7 Å². The number of rotatable bonds is 9. The molecular formula is C19H23ClN2O2S. The largest absolute Gasteiger partial charge is 0.492 e. The molecule has 1 aromatic heterocycles. The van der Waals surface area contributed by atoms with Crippen molar-refractivity contribution in [2.75, 3.05) is 19.7 Å². The molecule has 1 aliphatic heterocycles. The molecule has 0 spiro atoms. The van der Waals surface area contributed by atoms with Crippen molar-refractivity contribution in [1.29, 1.82) is 0 Å². The minimum atomic E-state index is 0.252. The molecule has 1 saturated heterocycles. The van der Waals surface area contributed by atoms with E-state index in [1.807, 2.05) is 47.4 Å². The summed E-state index contributed by atoms with van der Waals surface area (Å²) in [4.78, 5) is 15.3. The van der Waals surface area contributed by atoms with Crippen molar-refractivity contribution < 1.29 is 9.53 Å². The highest BCUT2D eigenvalue weighted by Gasteiger charge is 2.30. The second-order valence-electron chi connectivity index (χ2n) is 6.12. The van der Waals surface area contributed by atoms with Crippen LogP contribution in [0.4, 0.5) is 0 Å². The van der Waals surface area contributed by atoms with Crippen LogP contribution in [-0.2, 0) is 11.3 Å². The maximum Gasteiger partial charge on any atom is 0.223 e. The Balaban J connectivity index is 1.36. The van der Waals surface area contributed by atoms with E-state index in [9.17, 15) is 4.79 Å². The number of halogens is 1. The second kappa shape index (κ2) is 9.22. The summed E-state index contributed by atoms with van der Waals surface area (Å²) in [5.74, 6) is 1.15. The van der Waals surface area contributed by atoms with Gasteiger partial charge in [-0.2, -0.15) is 0 Å². The Morgan fingerprint density at radius 1 is 1.20 bits per heavy atom. The van der Waals surface area contributed by atoms with Gasteiger partial charge in [-0.3, -0.25) is 4.79 Å². The van der Waals surface area contributed by atoms with E-state index in [0.29, 0.717) is 25.6 Å². The first-order chi connectivity index (χ1) is 12.2. The number of carbonyl (C=O) groups excluding carboxylic acids is 1. The van der Waals surface area contributed by atoms with E-state index >= 15 is 0 Å². The van der Waals surface area contributed by atoms with Crippen LogP contribution in [0.1, 0.15) is 24.1 Å². The number of hydrogen-bond acceptors (Lipinski definition) is 4. The molecule has 0 saturated carbocycles. The normalized spacial score (nSPS) is 17.2. The molecule has 1 atom stereocenters. The maximum atomic E-state index is 12.1. The fourth-order valence-corrected chi connectivity index (χ4v) is 4.15. The van der Waals surface area contributed by atoms with Gasteiger partial charge in [-0.25, -0.2) is 0 Å². The zero-order chi connectivity index (χ0) is 17.5. The van der Waals surface area contributed by atoms with Gasteiger partial charge in [0.15, 0.2) is 0 Å². The molecule has 2 aromatic rings. The highest BCUT2D eigenvalue weighted by molar-refractivity contribution is 7.16. The van der Waals surface area contributed by atoms with Gasteiger partial charge < -0.3 is 15.0 Å². The Bertz CT molecular complexity index is 677. The van der Waals surface area contributed by atoms with Crippen molar-refractivity contribution in [2.24, 2.45) is 0 Å². The van der Waals surface area contributed by atoms with Crippen LogP contribution in [0.2, 0.25) is 4.34 Å². The highest BCUT2D eigenvalue weighted by atomic mass is 35.5. The molecule has 1 aromatic carbocycles. The first kappa shape index (κ1) is 18.2. The molecule has 0 aliphatic carbocycles. The number of ether oxygens (including phenoxy) is 1. The van der Waals surface area contributed by atoms with Crippen molar-refractivity contribution >= 4 is 28.8 Å². The summed E-state index contributed by atoms with van der Waals surface area (Å²) in [5.41, 5.74) is 0. The summed E-state index contributed by atoms with van der Waals surface area (Å²) in [6.07, 6.45) is 2.57. The molecule has 1 aliphatic rings. The molecule has 6 heteroatoms. The van der Waals surface area contributed by atoms with Crippen LogP contribution in [0.3, 0.4) is 0 Å². The summed E-state index contributed by atoms with van der Waals surface area (Å²) in [6.45, 7) is 3.01.